The molecule has 1 aliphatic heterocycles. The van der Waals surface area contributed by atoms with Crippen molar-refractivity contribution in [3.8, 4) is 0 Å². The number of carbonyl (C=O) groups excluding carboxylic acids is 3. The minimum absolute atomic E-state index is 0.00608. The first-order valence-corrected chi connectivity index (χ1v) is 8.72. The van der Waals surface area contributed by atoms with Crippen molar-refractivity contribution in [1.29, 1.82) is 0 Å². The van der Waals surface area contributed by atoms with Crippen LogP contribution in [0.15, 0.2) is 54.6 Å². The third kappa shape index (κ3) is 3.82. The molecule has 1 heterocycles. The molecule has 1 saturated heterocycles. The molecule has 2 aromatic carbocycles. The highest BCUT2D eigenvalue weighted by Crippen LogP contribution is 2.29. The average molecular weight is 350 g/mol. The Kier molecular flexibility index (Phi) is 5.16. The molecule has 3 rings (SSSR count). The van der Waals surface area contributed by atoms with Gasteiger partial charge in [-0.25, -0.2) is 0 Å². The molecule has 26 heavy (non-hydrogen) atoms. The number of hydrogen-bond acceptors (Lipinski definition) is 3. The minimum Gasteiger partial charge on any atom is -0.335 e. The molecule has 1 N–H and O–H groups in total. The molecule has 0 aromatic heterocycles. The third-order valence-electron chi connectivity index (χ3n) is 4.84. The number of ketones is 1. The van der Waals surface area contributed by atoms with Crippen molar-refractivity contribution in [2.45, 2.75) is 26.3 Å². The third-order valence-corrected chi connectivity index (χ3v) is 4.84. The first kappa shape index (κ1) is 17.9. The monoisotopic (exact) mass is 350 g/mol. The van der Waals surface area contributed by atoms with Crippen LogP contribution in [0, 0.1) is 5.92 Å². The summed E-state index contributed by atoms with van der Waals surface area (Å²) < 4.78 is 0. The van der Waals surface area contributed by atoms with Crippen molar-refractivity contribution < 1.29 is 14.4 Å². The lowest BCUT2D eigenvalue weighted by Gasteiger charge is -2.25. The highest BCUT2D eigenvalue weighted by atomic mass is 16.2. The number of rotatable bonds is 5. The largest absolute Gasteiger partial charge is 0.335 e. The van der Waals surface area contributed by atoms with Crippen molar-refractivity contribution in [1.82, 2.24) is 4.90 Å². The van der Waals surface area contributed by atoms with Gasteiger partial charge in [0.2, 0.25) is 11.8 Å². The SMILES string of the molecule is CC(=O)c1ccc(NC(=O)C2CC(=O)N(C(C)c3ccccc3)C2)cc1. The van der Waals surface area contributed by atoms with E-state index in [1.165, 1.54) is 6.92 Å². The molecule has 2 atom stereocenters. The number of carbonyl (C=O) groups is 3. The second kappa shape index (κ2) is 7.52. The van der Waals surface area contributed by atoms with Crippen molar-refractivity contribution in [3.05, 3.63) is 65.7 Å². The van der Waals surface area contributed by atoms with Gasteiger partial charge in [-0.1, -0.05) is 30.3 Å². The Balaban J connectivity index is 1.64. The van der Waals surface area contributed by atoms with Gasteiger partial charge in [0.1, 0.15) is 0 Å². The summed E-state index contributed by atoms with van der Waals surface area (Å²) >= 11 is 0. The van der Waals surface area contributed by atoms with Gasteiger partial charge in [-0.05, 0) is 43.7 Å². The smallest absolute Gasteiger partial charge is 0.229 e. The van der Waals surface area contributed by atoms with E-state index in [9.17, 15) is 14.4 Å². The van der Waals surface area contributed by atoms with E-state index in [-0.39, 0.29) is 36.0 Å². The summed E-state index contributed by atoms with van der Waals surface area (Å²) in [5, 5.41) is 2.84. The van der Waals surface area contributed by atoms with Gasteiger partial charge in [-0.3, -0.25) is 14.4 Å². The van der Waals surface area contributed by atoms with Crippen LogP contribution < -0.4 is 5.32 Å². The molecular formula is C21H22N2O3. The summed E-state index contributed by atoms with van der Waals surface area (Å²) in [6.07, 6.45) is 0.217. The molecule has 1 aliphatic rings. The minimum atomic E-state index is -0.374. The van der Waals surface area contributed by atoms with Crippen molar-refractivity contribution in [2.75, 3.05) is 11.9 Å². The maximum Gasteiger partial charge on any atom is 0.229 e. The lowest BCUT2D eigenvalue weighted by Crippen LogP contribution is -2.30. The zero-order valence-electron chi connectivity index (χ0n) is 14.9. The van der Waals surface area contributed by atoms with Crippen LogP contribution in [0.1, 0.15) is 42.2 Å². The number of nitrogens with one attached hydrogen (secondary N) is 1. The lowest BCUT2D eigenvalue weighted by molar-refractivity contribution is -0.129. The van der Waals surface area contributed by atoms with Crippen LogP contribution in [0.3, 0.4) is 0 Å². The van der Waals surface area contributed by atoms with Gasteiger partial charge < -0.3 is 10.2 Å². The van der Waals surface area contributed by atoms with E-state index in [1.807, 2.05) is 37.3 Å². The maximum absolute atomic E-state index is 12.5. The molecule has 2 aromatic rings. The van der Waals surface area contributed by atoms with E-state index < -0.39 is 0 Å². The fourth-order valence-electron chi connectivity index (χ4n) is 3.23. The number of benzene rings is 2. The molecule has 1 fully saturated rings. The van der Waals surface area contributed by atoms with Crippen LogP contribution in [-0.4, -0.2) is 29.0 Å². The Hall–Kier alpha value is -2.95. The highest BCUT2D eigenvalue weighted by molar-refractivity contribution is 5.98. The van der Waals surface area contributed by atoms with Gasteiger partial charge in [-0.2, -0.15) is 0 Å². The normalized spacial score (nSPS) is 17.8. The van der Waals surface area contributed by atoms with Gasteiger partial charge in [0, 0.05) is 24.2 Å². The Morgan fingerprint density at radius 3 is 2.35 bits per heavy atom. The second-order valence-corrected chi connectivity index (χ2v) is 6.66. The van der Waals surface area contributed by atoms with Crippen LogP contribution in [0.2, 0.25) is 0 Å². The van der Waals surface area contributed by atoms with Crippen LogP contribution in [0.5, 0.6) is 0 Å². The molecule has 0 spiro atoms. The van der Waals surface area contributed by atoms with Crippen LogP contribution in [0.4, 0.5) is 5.69 Å². The van der Waals surface area contributed by atoms with Gasteiger partial charge >= 0.3 is 0 Å². The zero-order chi connectivity index (χ0) is 18.7. The average Bonchev–Trinajstić information content (AvgIpc) is 3.04. The molecule has 0 saturated carbocycles. The van der Waals surface area contributed by atoms with Gasteiger partial charge in [0.25, 0.3) is 0 Å². The van der Waals surface area contributed by atoms with E-state index in [4.69, 9.17) is 0 Å². The van der Waals surface area contributed by atoms with E-state index >= 15 is 0 Å². The second-order valence-electron chi connectivity index (χ2n) is 6.66. The Morgan fingerprint density at radius 1 is 1.08 bits per heavy atom. The molecule has 5 heteroatoms. The molecule has 2 unspecified atom stereocenters. The molecule has 5 nitrogen and oxygen atoms in total. The number of anilines is 1. The quantitative estimate of drug-likeness (QED) is 0.840. The Morgan fingerprint density at radius 2 is 1.73 bits per heavy atom. The van der Waals surface area contributed by atoms with E-state index in [2.05, 4.69) is 5.32 Å². The van der Waals surface area contributed by atoms with Crippen molar-refractivity contribution in [2.24, 2.45) is 5.92 Å². The van der Waals surface area contributed by atoms with Gasteiger partial charge in [0.15, 0.2) is 5.78 Å². The molecular weight excluding hydrogens is 328 g/mol. The first-order chi connectivity index (χ1) is 12.5. The van der Waals surface area contributed by atoms with Crippen molar-refractivity contribution >= 4 is 23.3 Å². The van der Waals surface area contributed by atoms with Gasteiger partial charge in [0.05, 0.1) is 12.0 Å². The summed E-state index contributed by atoms with van der Waals surface area (Å²) in [4.78, 5) is 38.0. The number of likely N-dealkylation sites (tertiary alicyclic amines) is 1. The highest BCUT2D eigenvalue weighted by Gasteiger charge is 2.36. The van der Waals surface area contributed by atoms with Crippen molar-refractivity contribution in [3.63, 3.8) is 0 Å². The molecule has 2 amide bonds. The standard InChI is InChI=1S/C21H22N2O3/c1-14(16-6-4-3-5-7-16)23-13-18(12-20(23)25)21(26)22-19-10-8-17(9-11-19)15(2)24/h3-11,14,18H,12-13H2,1-2H3,(H,22,26). The number of nitrogens with zero attached hydrogens (tertiary/aromatic N) is 1. The Bertz CT molecular complexity index is 815. The topological polar surface area (TPSA) is 66.5 Å². The summed E-state index contributed by atoms with van der Waals surface area (Å²) in [5.41, 5.74) is 2.28. The first-order valence-electron chi connectivity index (χ1n) is 8.72. The fraction of sp³-hybridized carbons (Fsp3) is 0.286. The van der Waals surface area contributed by atoms with E-state index in [1.54, 1.807) is 29.2 Å². The number of hydrogen-bond donors (Lipinski definition) is 1. The molecule has 134 valence electrons. The predicted molar refractivity (Wildman–Crippen MR) is 99.8 cm³/mol. The summed E-state index contributed by atoms with van der Waals surface area (Å²) in [7, 11) is 0. The lowest BCUT2D eigenvalue weighted by atomic mass is 10.1. The van der Waals surface area contributed by atoms with Crippen LogP contribution in [-0.2, 0) is 9.59 Å². The summed E-state index contributed by atoms with van der Waals surface area (Å²) in [5.74, 6) is -0.568. The Labute approximate surface area is 153 Å². The number of amides is 2. The zero-order valence-corrected chi connectivity index (χ0v) is 14.9. The van der Waals surface area contributed by atoms with Crippen LogP contribution in [0.25, 0.3) is 0 Å². The van der Waals surface area contributed by atoms with Gasteiger partial charge in [-0.15, -0.1) is 0 Å². The van der Waals surface area contributed by atoms with E-state index in [0.717, 1.165) is 5.56 Å². The number of Topliss-reactive ketones (excluding diaryl/α,β-unsaturated/α-hetero) is 1. The molecule has 0 radical (unpaired) electrons. The maximum atomic E-state index is 12.5. The summed E-state index contributed by atoms with van der Waals surface area (Å²) in [6.45, 7) is 3.89. The molecule has 0 aliphatic carbocycles. The van der Waals surface area contributed by atoms with E-state index in [0.29, 0.717) is 17.8 Å². The van der Waals surface area contributed by atoms with Crippen LogP contribution >= 0.6 is 0 Å². The molecule has 0 bridgehead atoms. The summed E-state index contributed by atoms with van der Waals surface area (Å²) in [6, 6.07) is 16.5. The fourth-order valence-corrected chi connectivity index (χ4v) is 3.23. The predicted octanol–water partition coefficient (Wildman–Crippen LogP) is 3.44.